The lowest BCUT2D eigenvalue weighted by atomic mass is 10.1. The molecule has 0 saturated carbocycles. The Bertz CT molecular complexity index is 508. The largest absolute Gasteiger partial charge is 0.389 e. The van der Waals surface area contributed by atoms with E-state index >= 15 is 0 Å². The summed E-state index contributed by atoms with van der Waals surface area (Å²) in [7, 11) is 0. The molecule has 1 N–H and O–H groups in total. The van der Waals surface area contributed by atoms with Gasteiger partial charge in [0.05, 0.1) is 11.8 Å². The maximum Gasteiger partial charge on any atom is 0.0761 e. The van der Waals surface area contributed by atoms with E-state index in [1.165, 1.54) is 10.5 Å². The summed E-state index contributed by atoms with van der Waals surface area (Å²) >= 11 is 1.76. The summed E-state index contributed by atoms with van der Waals surface area (Å²) in [6, 6.07) is 12.1. The molecular formula is C15H17NOS. The maximum absolute atomic E-state index is 9.44. The van der Waals surface area contributed by atoms with E-state index < -0.39 is 6.10 Å². The van der Waals surface area contributed by atoms with Crippen LogP contribution in [0.2, 0.25) is 0 Å². The van der Waals surface area contributed by atoms with Crippen LogP contribution in [0.3, 0.4) is 0 Å². The molecule has 0 bridgehead atoms. The first-order valence-corrected chi connectivity index (χ1v) is 6.96. The normalized spacial score (nSPS) is 12.4. The van der Waals surface area contributed by atoms with E-state index in [-0.39, 0.29) is 0 Å². The lowest BCUT2D eigenvalue weighted by Crippen LogP contribution is -1.91. The zero-order chi connectivity index (χ0) is 13.0. The molecule has 0 aliphatic rings. The fourth-order valence-corrected chi connectivity index (χ4v) is 2.60. The summed E-state index contributed by atoms with van der Waals surface area (Å²) in [6.45, 7) is 3.86. The van der Waals surface area contributed by atoms with Crippen molar-refractivity contribution in [2.75, 3.05) is 0 Å². The molecule has 94 valence electrons. The first-order valence-electron chi connectivity index (χ1n) is 5.98. The molecule has 18 heavy (non-hydrogen) atoms. The number of pyridine rings is 1. The van der Waals surface area contributed by atoms with Gasteiger partial charge < -0.3 is 5.11 Å². The van der Waals surface area contributed by atoms with Crippen LogP contribution in [-0.2, 0) is 5.75 Å². The minimum Gasteiger partial charge on any atom is -0.389 e. The third-order valence-electron chi connectivity index (χ3n) is 2.86. The topological polar surface area (TPSA) is 33.1 Å². The zero-order valence-corrected chi connectivity index (χ0v) is 11.4. The second kappa shape index (κ2) is 6.03. The van der Waals surface area contributed by atoms with Crippen molar-refractivity contribution < 1.29 is 5.11 Å². The molecule has 1 aromatic heterocycles. The average molecular weight is 259 g/mol. The molecular weight excluding hydrogens is 242 g/mol. The minimum absolute atomic E-state index is 0.401. The molecule has 2 rings (SSSR count). The fourth-order valence-electron chi connectivity index (χ4n) is 1.66. The van der Waals surface area contributed by atoms with Gasteiger partial charge in [-0.3, -0.25) is 4.98 Å². The molecule has 1 heterocycles. The number of aryl methyl sites for hydroxylation is 1. The van der Waals surface area contributed by atoms with E-state index in [9.17, 15) is 5.11 Å². The van der Waals surface area contributed by atoms with Gasteiger partial charge in [-0.1, -0.05) is 18.2 Å². The molecule has 1 unspecified atom stereocenters. The van der Waals surface area contributed by atoms with Gasteiger partial charge in [-0.25, -0.2) is 0 Å². The highest BCUT2D eigenvalue weighted by Crippen LogP contribution is 2.24. The molecule has 2 nitrogen and oxygen atoms in total. The summed E-state index contributed by atoms with van der Waals surface area (Å²) in [5.74, 6) is 0.876. The number of benzene rings is 1. The Morgan fingerprint density at radius 2 is 1.94 bits per heavy atom. The van der Waals surface area contributed by atoms with Crippen molar-refractivity contribution >= 4 is 11.8 Å². The van der Waals surface area contributed by atoms with Crippen molar-refractivity contribution in [3.05, 3.63) is 59.4 Å². The van der Waals surface area contributed by atoms with Crippen molar-refractivity contribution in [2.45, 2.75) is 30.6 Å². The molecule has 0 aliphatic carbocycles. The van der Waals surface area contributed by atoms with E-state index in [0.29, 0.717) is 0 Å². The van der Waals surface area contributed by atoms with Crippen LogP contribution in [0.5, 0.6) is 0 Å². The van der Waals surface area contributed by atoms with Gasteiger partial charge in [-0.2, -0.15) is 0 Å². The van der Waals surface area contributed by atoms with Crippen molar-refractivity contribution in [2.24, 2.45) is 0 Å². The van der Waals surface area contributed by atoms with E-state index in [0.717, 1.165) is 17.0 Å². The molecule has 1 atom stereocenters. The third-order valence-corrected chi connectivity index (χ3v) is 3.88. The van der Waals surface area contributed by atoms with Crippen LogP contribution in [0.1, 0.15) is 29.8 Å². The van der Waals surface area contributed by atoms with Crippen LogP contribution < -0.4 is 0 Å². The Labute approximate surface area is 112 Å². The summed E-state index contributed by atoms with van der Waals surface area (Å²) in [5, 5.41) is 9.44. The number of aliphatic hydroxyl groups is 1. The van der Waals surface area contributed by atoms with Crippen molar-refractivity contribution in [3.63, 3.8) is 0 Å². The SMILES string of the molecule is Cc1cccnc1CSc1ccc(C(C)O)cc1. The van der Waals surface area contributed by atoms with Crippen molar-refractivity contribution in [1.29, 1.82) is 0 Å². The van der Waals surface area contributed by atoms with Crippen LogP contribution in [0.15, 0.2) is 47.5 Å². The van der Waals surface area contributed by atoms with Crippen LogP contribution in [0.25, 0.3) is 0 Å². The minimum atomic E-state index is -0.401. The summed E-state index contributed by atoms with van der Waals surface area (Å²) in [6.07, 6.45) is 1.43. The maximum atomic E-state index is 9.44. The summed E-state index contributed by atoms with van der Waals surface area (Å²) in [4.78, 5) is 5.58. The number of thioether (sulfide) groups is 1. The Kier molecular flexibility index (Phi) is 4.39. The Hall–Kier alpha value is -1.32. The monoisotopic (exact) mass is 259 g/mol. The predicted octanol–water partition coefficient (Wildman–Crippen LogP) is 3.74. The van der Waals surface area contributed by atoms with Gasteiger partial charge in [0, 0.05) is 16.8 Å². The Morgan fingerprint density at radius 1 is 1.22 bits per heavy atom. The summed E-state index contributed by atoms with van der Waals surface area (Å²) < 4.78 is 0. The molecule has 0 fully saturated rings. The number of nitrogens with zero attached hydrogens (tertiary/aromatic N) is 1. The number of hydrogen-bond donors (Lipinski definition) is 1. The van der Waals surface area contributed by atoms with Crippen LogP contribution >= 0.6 is 11.8 Å². The van der Waals surface area contributed by atoms with Gasteiger partial charge in [-0.05, 0) is 43.2 Å². The zero-order valence-electron chi connectivity index (χ0n) is 10.6. The second-order valence-corrected chi connectivity index (χ2v) is 5.35. The Balaban J connectivity index is 2.00. The third kappa shape index (κ3) is 3.34. The molecule has 3 heteroatoms. The van der Waals surface area contributed by atoms with Crippen LogP contribution in [0.4, 0.5) is 0 Å². The molecule has 1 aromatic carbocycles. The lowest BCUT2D eigenvalue weighted by molar-refractivity contribution is 0.199. The fraction of sp³-hybridized carbons (Fsp3) is 0.267. The molecule has 0 radical (unpaired) electrons. The quantitative estimate of drug-likeness (QED) is 0.849. The van der Waals surface area contributed by atoms with E-state index in [1.807, 2.05) is 36.5 Å². The van der Waals surface area contributed by atoms with Gasteiger partial charge >= 0.3 is 0 Å². The predicted molar refractivity (Wildman–Crippen MR) is 75.6 cm³/mol. The number of rotatable bonds is 4. The smallest absolute Gasteiger partial charge is 0.0761 e. The first kappa shape index (κ1) is 13.1. The molecule has 2 aromatic rings. The van der Waals surface area contributed by atoms with Gasteiger partial charge in [0.25, 0.3) is 0 Å². The first-order chi connectivity index (χ1) is 8.66. The van der Waals surface area contributed by atoms with E-state index in [4.69, 9.17) is 0 Å². The van der Waals surface area contributed by atoms with Gasteiger partial charge in [-0.15, -0.1) is 11.8 Å². The molecule has 0 spiro atoms. The molecule has 0 amide bonds. The van der Waals surface area contributed by atoms with Gasteiger partial charge in [0.2, 0.25) is 0 Å². The average Bonchev–Trinajstić information content (AvgIpc) is 2.38. The molecule has 0 aliphatic heterocycles. The highest BCUT2D eigenvalue weighted by atomic mass is 32.2. The van der Waals surface area contributed by atoms with Gasteiger partial charge in [0.15, 0.2) is 0 Å². The van der Waals surface area contributed by atoms with Gasteiger partial charge in [0.1, 0.15) is 0 Å². The van der Waals surface area contributed by atoms with E-state index in [1.54, 1.807) is 18.7 Å². The van der Waals surface area contributed by atoms with Crippen molar-refractivity contribution in [1.82, 2.24) is 4.98 Å². The molecule has 0 saturated heterocycles. The van der Waals surface area contributed by atoms with Crippen molar-refractivity contribution in [3.8, 4) is 0 Å². The van der Waals surface area contributed by atoms with Crippen LogP contribution in [0, 0.1) is 6.92 Å². The standard InChI is InChI=1S/C15H17NOS/c1-11-4-3-9-16-15(11)10-18-14-7-5-13(6-8-14)12(2)17/h3-9,12,17H,10H2,1-2H3. The lowest BCUT2D eigenvalue weighted by Gasteiger charge is -2.07. The number of aliphatic hydroxyl groups excluding tert-OH is 1. The number of hydrogen-bond acceptors (Lipinski definition) is 3. The van der Waals surface area contributed by atoms with Crippen LogP contribution in [-0.4, -0.2) is 10.1 Å². The highest BCUT2D eigenvalue weighted by Gasteiger charge is 2.03. The highest BCUT2D eigenvalue weighted by molar-refractivity contribution is 7.98. The summed E-state index contributed by atoms with van der Waals surface area (Å²) in [5.41, 5.74) is 3.31. The Morgan fingerprint density at radius 3 is 2.56 bits per heavy atom. The second-order valence-electron chi connectivity index (χ2n) is 4.30. The van der Waals surface area contributed by atoms with E-state index in [2.05, 4.69) is 18.0 Å². The number of aromatic nitrogens is 1.